The van der Waals surface area contributed by atoms with Crippen LogP contribution in [0.5, 0.6) is 0 Å². The molecule has 0 unspecified atom stereocenters. The minimum absolute atomic E-state index is 0.179. The third kappa shape index (κ3) is 2.53. The van der Waals surface area contributed by atoms with E-state index >= 15 is 0 Å². The largest absolute Gasteiger partial charge is 0.291 e. The number of rotatable bonds is 4. The fourth-order valence-corrected chi connectivity index (χ4v) is 0.537. The smallest absolute Gasteiger partial charge is 0.263 e. The Bertz CT molecular complexity index is 170. The average molecular weight is 142 g/mol. The quantitative estimate of drug-likeness (QED) is 0.424. The zero-order chi connectivity index (χ0) is 8.15. The van der Waals surface area contributed by atoms with Crippen LogP contribution in [0.15, 0.2) is 0 Å². The second kappa shape index (κ2) is 3.93. The molecule has 0 aliphatic rings. The van der Waals surface area contributed by atoms with E-state index in [-0.39, 0.29) is 6.42 Å². The van der Waals surface area contributed by atoms with E-state index in [1.165, 1.54) is 0 Å². The Balaban J connectivity index is 3.96. The van der Waals surface area contributed by atoms with Gasteiger partial charge < -0.3 is 0 Å². The Labute approximate surface area is 59.4 Å². The van der Waals surface area contributed by atoms with Gasteiger partial charge in [0, 0.05) is 13.3 Å². The topological polar surface area (TPSA) is 51.2 Å². The van der Waals surface area contributed by atoms with Crippen molar-refractivity contribution in [2.75, 3.05) is 0 Å². The van der Waals surface area contributed by atoms with Crippen LogP contribution in [0.1, 0.15) is 26.7 Å². The summed E-state index contributed by atoms with van der Waals surface area (Å²) >= 11 is 0. The first-order chi connectivity index (χ1) is 4.59. The molecular formula is C7H10O3. The van der Waals surface area contributed by atoms with Crippen LogP contribution in [-0.4, -0.2) is 17.3 Å². The van der Waals surface area contributed by atoms with Crippen LogP contribution in [0, 0.1) is 0 Å². The van der Waals surface area contributed by atoms with E-state index < -0.39 is 17.3 Å². The van der Waals surface area contributed by atoms with Crippen molar-refractivity contribution in [2.45, 2.75) is 26.7 Å². The standard InChI is InChI=1S/C7H10O3/c1-3-4-6(9)7(10)5(2)8/h3-4H2,1-2H3. The molecule has 0 fully saturated rings. The van der Waals surface area contributed by atoms with Gasteiger partial charge in [0.2, 0.25) is 11.6 Å². The molecule has 0 radical (unpaired) electrons. The van der Waals surface area contributed by atoms with Gasteiger partial charge in [-0.25, -0.2) is 0 Å². The lowest BCUT2D eigenvalue weighted by atomic mass is 10.1. The van der Waals surface area contributed by atoms with Crippen molar-refractivity contribution in [3.05, 3.63) is 0 Å². The summed E-state index contributed by atoms with van der Waals surface area (Å²) in [5, 5.41) is 0. The first-order valence-corrected chi connectivity index (χ1v) is 3.17. The zero-order valence-corrected chi connectivity index (χ0v) is 6.14. The summed E-state index contributed by atoms with van der Waals surface area (Å²) in [7, 11) is 0. The first kappa shape index (κ1) is 9.01. The highest BCUT2D eigenvalue weighted by Gasteiger charge is 2.16. The van der Waals surface area contributed by atoms with E-state index in [9.17, 15) is 14.4 Å². The molecule has 0 saturated carbocycles. The van der Waals surface area contributed by atoms with Gasteiger partial charge in [-0.15, -0.1) is 0 Å². The molecule has 0 saturated heterocycles. The lowest BCUT2D eigenvalue weighted by Gasteiger charge is -1.90. The summed E-state index contributed by atoms with van der Waals surface area (Å²) in [6, 6.07) is 0. The van der Waals surface area contributed by atoms with E-state index in [4.69, 9.17) is 0 Å². The molecule has 0 aromatic heterocycles. The number of hydrogen-bond donors (Lipinski definition) is 0. The van der Waals surface area contributed by atoms with Gasteiger partial charge in [0.25, 0.3) is 5.78 Å². The molecule has 0 N–H and O–H groups in total. The fraction of sp³-hybridized carbons (Fsp3) is 0.571. The molecule has 0 bridgehead atoms. The molecule has 0 aromatic rings. The van der Waals surface area contributed by atoms with E-state index in [2.05, 4.69) is 0 Å². The Morgan fingerprint density at radius 1 is 1.20 bits per heavy atom. The van der Waals surface area contributed by atoms with Gasteiger partial charge in [0.15, 0.2) is 0 Å². The van der Waals surface area contributed by atoms with Gasteiger partial charge in [-0.2, -0.15) is 0 Å². The number of carbonyl (C=O) groups is 3. The number of ketones is 3. The molecule has 0 rings (SSSR count). The van der Waals surface area contributed by atoms with Gasteiger partial charge in [-0.05, 0) is 6.42 Å². The van der Waals surface area contributed by atoms with Crippen molar-refractivity contribution in [1.29, 1.82) is 0 Å². The maximum Gasteiger partial charge on any atom is 0.263 e. The molecule has 0 aromatic carbocycles. The van der Waals surface area contributed by atoms with Gasteiger partial charge in [0.1, 0.15) is 0 Å². The van der Waals surface area contributed by atoms with Crippen LogP contribution in [0.2, 0.25) is 0 Å². The fourth-order valence-electron chi connectivity index (χ4n) is 0.537. The summed E-state index contributed by atoms with van der Waals surface area (Å²) in [6.45, 7) is 2.89. The van der Waals surface area contributed by atoms with Crippen molar-refractivity contribution >= 4 is 17.3 Å². The van der Waals surface area contributed by atoms with Crippen LogP contribution < -0.4 is 0 Å². The van der Waals surface area contributed by atoms with Crippen molar-refractivity contribution < 1.29 is 14.4 Å². The molecule has 3 heteroatoms. The summed E-state index contributed by atoms with van der Waals surface area (Å²) < 4.78 is 0. The molecule has 0 atom stereocenters. The van der Waals surface area contributed by atoms with Crippen molar-refractivity contribution in [1.82, 2.24) is 0 Å². The van der Waals surface area contributed by atoms with E-state index in [1.807, 2.05) is 0 Å². The highest BCUT2D eigenvalue weighted by atomic mass is 16.2. The summed E-state index contributed by atoms with van der Waals surface area (Å²) in [6.07, 6.45) is 0.788. The van der Waals surface area contributed by atoms with Gasteiger partial charge in [-0.1, -0.05) is 6.92 Å². The summed E-state index contributed by atoms with van der Waals surface area (Å²) in [4.78, 5) is 31.4. The van der Waals surface area contributed by atoms with Gasteiger partial charge in [0.05, 0.1) is 0 Å². The maximum absolute atomic E-state index is 10.6. The maximum atomic E-state index is 10.6. The third-order valence-corrected chi connectivity index (χ3v) is 1.05. The second-order valence-corrected chi connectivity index (χ2v) is 2.06. The van der Waals surface area contributed by atoms with E-state index in [0.717, 1.165) is 6.92 Å². The minimum Gasteiger partial charge on any atom is -0.291 e. The number of Topliss-reactive ketones (excluding diaryl/α,β-unsaturated/α-hetero) is 3. The van der Waals surface area contributed by atoms with Crippen LogP contribution in [0.3, 0.4) is 0 Å². The van der Waals surface area contributed by atoms with Crippen LogP contribution in [0.4, 0.5) is 0 Å². The molecule has 0 heterocycles. The molecule has 0 aliphatic carbocycles. The molecule has 0 spiro atoms. The molecular weight excluding hydrogens is 132 g/mol. The number of hydrogen-bond acceptors (Lipinski definition) is 3. The summed E-state index contributed by atoms with van der Waals surface area (Å²) in [5.41, 5.74) is 0. The molecule has 3 nitrogen and oxygen atoms in total. The second-order valence-electron chi connectivity index (χ2n) is 2.06. The Morgan fingerprint density at radius 3 is 2.00 bits per heavy atom. The zero-order valence-electron chi connectivity index (χ0n) is 6.14. The molecule has 0 amide bonds. The third-order valence-electron chi connectivity index (χ3n) is 1.05. The monoisotopic (exact) mass is 142 g/mol. The van der Waals surface area contributed by atoms with Crippen LogP contribution in [-0.2, 0) is 14.4 Å². The molecule has 10 heavy (non-hydrogen) atoms. The predicted octanol–water partition coefficient (Wildman–Crippen LogP) is 0.514. The molecule has 0 aliphatic heterocycles. The van der Waals surface area contributed by atoms with Gasteiger partial charge >= 0.3 is 0 Å². The normalized spacial score (nSPS) is 9.00. The van der Waals surface area contributed by atoms with Crippen molar-refractivity contribution in [2.24, 2.45) is 0 Å². The summed E-state index contributed by atoms with van der Waals surface area (Å²) in [5.74, 6) is -2.12. The van der Waals surface area contributed by atoms with Crippen LogP contribution in [0.25, 0.3) is 0 Å². The average Bonchev–Trinajstić information content (AvgIpc) is 1.87. The predicted molar refractivity (Wildman–Crippen MR) is 35.6 cm³/mol. The van der Waals surface area contributed by atoms with Crippen molar-refractivity contribution in [3.63, 3.8) is 0 Å². The van der Waals surface area contributed by atoms with E-state index in [1.54, 1.807) is 6.92 Å². The van der Waals surface area contributed by atoms with Crippen LogP contribution >= 0.6 is 0 Å². The Morgan fingerprint density at radius 2 is 1.70 bits per heavy atom. The SMILES string of the molecule is CCCC(=O)C(=O)C(C)=O. The lowest BCUT2D eigenvalue weighted by molar-refractivity contribution is -0.143. The van der Waals surface area contributed by atoms with Crippen molar-refractivity contribution in [3.8, 4) is 0 Å². The molecule has 56 valence electrons. The minimum atomic E-state index is -0.873. The van der Waals surface area contributed by atoms with Gasteiger partial charge in [-0.3, -0.25) is 14.4 Å². The number of carbonyl (C=O) groups excluding carboxylic acids is 3. The van der Waals surface area contributed by atoms with E-state index in [0.29, 0.717) is 6.42 Å². The first-order valence-electron chi connectivity index (χ1n) is 3.17. The highest BCUT2D eigenvalue weighted by molar-refractivity contribution is 6.63. The lowest BCUT2D eigenvalue weighted by Crippen LogP contribution is -2.20. The Hall–Kier alpha value is -0.990. The highest BCUT2D eigenvalue weighted by Crippen LogP contribution is 1.90. The Kier molecular flexibility index (Phi) is 3.54.